The van der Waals surface area contributed by atoms with Gasteiger partial charge in [0.2, 0.25) is 10.0 Å². The summed E-state index contributed by atoms with van der Waals surface area (Å²) in [7, 11) is -3.20. The van der Waals surface area contributed by atoms with Gasteiger partial charge < -0.3 is 14.6 Å². The van der Waals surface area contributed by atoms with Crippen LogP contribution in [0.2, 0.25) is 0 Å². The zero-order chi connectivity index (χ0) is 16.3. The standard InChI is InChI=1S/C14H23N3O4S/c1-10-4-5-13(21-10)11(2)15-14(18)17-8-6-12(7-9-17)16-22(3,19)20/h4-5,11-12,16H,6-9H2,1-3H3,(H,15,18)/t11-/m1/s1. The van der Waals surface area contributed by atoms with E-state index in [1.807, 2.05) is 26.0 Å². The fourth-order valence-electron chi connectivity index (χ4n) is 2.54. The summed E-state index contributed by atoms with van der Waals surface area (Å²) >= 11 is 0. The van der Waals surface area contributed by atoms with Crippen LogP contribution in [-0.2, 0) is 10.0 Å². The van der Waals surface area contributed by atoms with Crippen molar-refractivity contribution in [3.63, 3.8) is 0 Å². The minimum absolute atomic E-state index is 0.0933. The lowest BCUT2D eigenvalue weighted by Crippen LogP contribution is -2.49. The number of hydrogen-bond acceptors (Lipinski definition) is 4. The van der Waals surface area contributed by atoms with Crippen molar-refractivity contribution in [2.45, 2.75) is 38.8 Å². The topological polar surface area (TPSA) is 91.7 Å². The van der Waals surface area contributed by atoms with E-state index >= 15 is 0 Å². The first-order chi connectivity index (χ1) is 10.2. The van der Waals surface area contributed by atoms with Gasteiger partial charge >= 0.3 is 6.03 Å². The van der Waals surface area contributed by atoms with E-state index in [2.05, 4.69) is 10.0 Å². The van der Waals surface area contributed by atoms with Gasteiger partial charge in [-0.05, 0) is 38.8 Å². The number of carbonyl (C=O) groups excluding carboxylic acids is 1. The molecule has 22 heavy (non-hydrogen) atoms. The highest BCUT2D eigenvalue weighted by molar-refractivity contribution is 7.88. The number of hydrogen-bond donors (Lipinski definition) is 2. The van der Waals surface area contributed by atoms with Crippen LogP contribution in [0.4, 0.5) is 4.79 Å². The molecule has 2 rings (SSSR count). The molecule has 1 atom stereocenters. The molecule has 1 aromatic heterocycles. The third-order valence-electron chi connectivity index (χ3n) is 3.69. The highest BCUT2D eigenvalue weighted by atomic mass is 32.2. The quantitative estimate of drug-likeness (QED) is 0.873. The summed E-state index contributed by atoms with van der Waals surface area (Å²) in [5.41, 5.74) is 0. The van der Waals surface area contributed by atoms with Crippen LogP contribution in [0.5, 0.6) is 0 Å². The van der Waals surface area contributed by atoms with Gasteiger partial charge in [0.1, 0.15) is 11.5 Å². The minimum Gasteiger partial charge on any atom is -0.464 e. The van der Waals surface area contributed by atoms with Gasteiger partial charge in [-0.25, -0.2) is 17.9 Å². The molecule has 1 aliphatic rings. The maximum absolute atomic E-state index is 12.2. The zero-order valence-electron chi connectivity index (χ0n) is 13.1. The number of carbonyl (C=O) groups is 1. The van der Waals surface area contributed by atoms with Crippen molar-refractivity contribution in [3.05, 3.63) is 23.7 Å². The van der Waals surface area contributed by atoms with Crippen LogP contribution in [-0.4, -0.2) is 44.7 Å². The molecule has 7 nitrogen and oxygen atoms in total. The van der Waals surface area contributed by atoms with E-state index in [1.54, 1.807) is 4.90 Å². The van der Waals surface area contributed by atoms with Crippen molar-refractivity contribution >= 4 is 16.1 Å². The Balaban J connectivity index is 1.82. The highest BCUT2D eigenvalue weighted by Crippen LogP contribution is 2.17. The molecule has 1 fully saturated rings. The van der Waals surface area contributed by atoms with Gasteiger partial charge in [0.05, 0.1) is 12.3 Å². The number of likely N-dealkylation sites (tertiary alicyclic amines) is 1. The average Bonchev–Trinajstić information content (AvgIpc) is 2.84. The third kappa shape index (κ3) is 4.74. The van der Waals surface area contributed by atoms with Crippen LogP contribution < -0.4 is 10.0 Å². The molecule has 124 valence electrons. The van der Waals surface area contributed by atoms with E-state index in [4.69, 9.17) is 4.42 Å². The van der Waals surface area contributed by atoms with Gasteiger partial charge in [0, 0.05) is 19.1 Å². The monoisotopic (exact) mass is 329 g/mol. The fourth-order valence-corrected chi connectivity index (χ4v) is 3.38. The Morgan fingerprint density at radius 1 is 1.36 bits per heavy atom. The molecule has 0 aliphatic carbocycles. The van der Waals surface area contributed by atoms with Gasteiger partial charge in [-0.15, -0.1) is 0 Å². The van der Waals surface area contributed by atoms with Crippen LogP contribution in [0.15, 0.2) is 16.5 Å². The van der Waals surface area contributed by atoms with Gasteiger partial charge in [-0.2, -0.15) is 0 Å². The molecule has 0 saturated carbocycles. The Hall–Kier alpha value is -1.54. The molecular weight excluding hydrogens is 306 g/mol. The number of aryl methyl sites for hydroxylation is 1. The van der Waals surface area contributed by atoms with E-state index in [0.29, 0.717) is 25.9 Å². The van der Waals surface area contributed by atoms with Crippen LogP contribution >= 0.6 is 0 Å². The Morgan fingerprint density at radius 3 is 2.50 bits per heavy atom. The first-order valence-electron chi connectivity index (χ1n) is 7.33. The van der Waals surface area contributed by atoms with Crippen molar-refractivity contribution < 1.29 is 17.6 Å². The summed E-state index contributed by atoms with van der Waals surface area (Å²) in [6.07, 6.45) is 2.39. The Kier molecular flexibility index (Phi) is 5.12. The normalized spacial score (nSPS) is 18.2. The summed E-state index contributed by atoms with van der Waals surface area (Å²) < 4.78 is 30.5. The second-order valence-electron chi connectivity index (χ2n) is 5.77. The summed E-state index contributed by atoms with van der Waals surface area (Å²) in [6, 6.07) is 3.26. The summed E-state index contributed by atoms with van der Waals surface area (Å²) in [5.74, 6) is 1.53. The van der Waals surface area contributed by atoms with Gasteiger partial charge in [0.25, 0.3) is 0 Å². The molecule has 0 radical (unpaired) electrons. The fraction of sp³-hybridized carbons (Fsp3) is 0.643. The molecule has 1 aromatic rings. The predicted molar refractivity (Wildman–Crippen MR) is 83.0 cm³/mol. The maximum Gasteiger partial charge on any atom is 0.317 e. The van der Waals surface area contributed by atoms with E-state index in [9.17, 15) is 13.2 Å². The summed E-state index contributed by atoms with van der Waals surface area (Å²) in [5, 5.41) is 2.90. The molecule has 1 saturated heterocycles. The maximum atomic E-state index is 12.2. The Bertz CT molecular complexity index is 618. The molecule has 8 heteroatoms. The molecule has 0 spiro atoms. The number of rotatable bonds is 4. The van der Waals surface area contributed by atoms with Crippen LogP contribution in [0.1, 0.15) is 37.3 Å². The smallest absolute Gasteiger partial charge is 0.317 e. The van der Waals surface area contributed by atoms with Crippen molar-refractivity contribution in [2.75, 3.05) is 19.3 Å². The van der Waals surface area contributed by atoms with Crippen molar-refractivity contribution in [2.24, 2.45) is 0 Å². The second kappa shape index (κ2) is 6.70. The molecule has 2 amide bonds. The van der Waals surface area contributed by atoms with E-state index in [0.717, 1.165) is 17.8 Å². The van der Waals surface area contributed by atoms with E-state index < -0.39 is 10.0 Å². The highest BCUT2D eigenvalue weighted by Gasteiger charge is 2.25. The number of furan rings is 1. The number of nitrogens with one attached hydrogen (secondary N) is 2. The summed E-state index contributed by atoms with van der Waals surface area (Å²) in [6.45, 7) is 4.79. The third-order valence-corrected chi connectivity index (χ3v) is 4.45. The van der Waals surface area contributed by atoms with E-state index in [1.165, 1.54) is 0 Å². The lowest BCUT2D eigenvalue weighted by Gasteiger charge is -2.32. The van der Waals surface area contributed by atoms with Crippen LogP contribution in [0.25, 0.3) is 0 Å². The number of nitrogens with zero attached hydrogens (tertiary/aromatic N) is 1. The van der Waals surface area contributed by atoms with Crippen molar-refractivity contribution in [1.82, 2.24) is 14.9 Å². The molecule has 2 heterocycles. The first kappa shape index (κ1) is 16.8. The number of amides is 2. The molecule has 0 unspecified atom stereocenters. The largest absolute Gasteiger partial charge is 0.464 e. The zero-order valence-corrected chi connectivity index (χ0v) is 13.9. The first-order valence-corrected chi connectivity index (χ1v) is 9.23. The lowest BCUT2D eigenvalue weighted by atomic mass is 10.1. The van der Waals surface area contributed by atoms with Crippen molar-refractivity contribution in [1.29, 1.82) is 0 Å². The summed E-state index contributed by atoms with van der Waals surface area (Å²) in [4.78, 5) is 13.9. The molecule has 1 aliphatic heterocycles. The lowest BCUT2D eigenvalue weighted by molar-refractivity contribution is 0.175. The number of sulfonamides is 1. The van der Waals surface area contributed by atoms with Gasteiger partial charge in [0.15, 0.2) is 0 Å². The van der Waals surface area contributed by atoms with E-state index in [-0.39, 0.29) is 18.1 Å². The molecular formula is C14H23N3O4S. The number of urea groups is 1. The van der Waals surface area contributed by atoms with Gasteiger partial charge in [-0.1, -0.05) is 0 Å². The van der Waals surface area contributed by atoms with Crippen LogP contribution in [0, 0.1) is 6.92 Å². The molecule has 2 N–H and O–H groups in total. The average molecular weight is 329 g/mol. The van der Waals surface area contributed by atoms with Gasteiger partial charge in [-0.3, -0.25) is 0 Å². The number of piperidine rings is 1. The molecule has 0 bridgehead atoms. The second-order valence-corrected chi connectivity index (χ2v) is 7.55. The van der Waals surface area contributed by atoms with Crippen molar-refractivity contribution in [3.8, 4) is 0 Å². The Morgan fingerprint density at radius 2 is 2.00 bits per heavy atom. The SMILES string of the molecule is Cc1ccc([C@@H](C)NC(=O)N2CCC(NS(C)(=O)=O)CC2)o1. The Labute approximate surface area is 131 Å². The molecule has 0 aromatic carbocycles. The minimum atomic E-state index is -3.20. The predicted octanol–water partition coefficient (Wildman–Crippen LogP) is 1.37. The van der Waals surface area contributed by atoms with Crippen LogP contribution in [0.3, 0.4) is 0 Å².